The van der Waals surface area contributed by atoms with Crippen molar-refractivity contribution in [2.45, 2.75) is 180 Å². The number of tetrazole rings is 1. The molecule has 3 aliphatic heterocycles. The number of aliphatic hydroxyl groups excluding tert-OH is 1. The number of cyclic esters (lactones) is 1. The molecule has 1 unspecified atom stereocenters. The standard InChI is InChI=1S/C52H79N5O12/c1-31-16-12-11-13-17-32(2)43(65-8)28-39-21-19-37(7)52(64,69-39)49(61)50(62)56-23-15-14-18-41(56)51(63)68-44(34(4)26-38-20-22-40(45(27-38)66-9)57-54-30-53-55-57)29-42(58)33(3)25-36(6)47(60)48(67-10)46(59)35(5)24-31/h11-13,16-17,25,30-31,33-35,37-41,43-45,47-48,60,64H,14-15,18-24,26-29H2,1-10H3/p+1/t31-,33-,34-,35+,37-,38+,39+,40-,41?,43+,44+,45-,47-,48+,52-/m1/s1. The van der Waals surface area contributed by atoms with Gasteiger partial charge in [0.15, 0.2) is 11.8 Å². The fourth-order valence-corrected chi connectivity index (χ4v) is 10.7. The average Bonchev–Trinajstić information content (AvgIpc) is 3.88. The molecule has 2 bridgehead atoms. The number of aromatic nitrogens is 4. The third kappa shape index (κ3) is 14.2. The predicted molar refractivity (Wildman–Crippen MR) is 255 cm³/mol. The van der Waals surface area contributed by atoms with Crippen molar-refractivity contribution in [3.8, 4) is 0 Å². The summed E-state index contributed by atoms with van der Waals surface area (Å²) in [5.74, 6) is -7.89. The lowest BCUT2D eigenvalue weighted by atomic mass is 9.77. The van der Waals surface area contributed by atoms with Crippen molar-refractivity contribution in [1.82, 2.24) is 20.3 Å². The molecule has 1 saturated carbocycles. The molecule has 5 rings (SSSR count). The molecule has 4 heterocycles. The second-order valence-corrected chi connectivity index (χ2v) is 20.4. The number of rotatable bonds is 7. The van der Waals surface area contributed by atoms with Gasteiger partial charge in [0.05, 0.1) is 17.3 Å². The molecule has 4 aliphatic rings. The Hall–Kier alpha value is -4.26. The fourth-order valence-electron chi connectivity index (χ4n) is 10.7. The highest BCUT2D eigenvalue weighted by Crippen LogP contribution is 2.38. The quantitative estimate of drug-likeness (QED) is 0.134. The highest BCUT2D eigenvalue weighted by atomic mass is 16.6. The lowest BCUT2D eigenvalue weighted by Crippen LogP contribution is -2.61. The number of ether oxygens (including phenoxy) is 5. The molecule has 384 valence electrons. The van der Waals surface area contributed by atoms with Gasteiger partial charge in [-0.05, 0) is 117 Å². The second kappa shape index (κ2) is 25.7. The largest absolute Gasteiger partial charge is 0.460 e. The molecule has 3 fully saturated rings. The van der Waals surface area contributed by atoms with Crippen molar-refractivity contribution >= 4 is 29.2 Å². The number of fused-ring (bicyclic) bond motifs is 3. The number of aromatic amines is 1. The fraction of sp³-hybridized carbons (Fsp3) is 0.731. The van der Waals surface area contributed by atoms with Crippen LogP contribution in [0.15, 0.2) is 53.9 Å². The number of nitrogens with one attached hydrogen (secondary N) is 1. The van der Waals surface area contributed by atoms with Crippen LogP contribution in [0.1, 0.15) is 132 Å². The minimum atomic E-state index is -2.43. The number of hydrogen-bond donors (Lipinski definition) is 3. The molecule has 15 atom stereocenters. The van der Waals surface area contributed by atoms with E-state index in [0.29, 0.717) is 56.9 Å². The molecular formula is C52H80N5O12+. The SMILES string of the molecule is CO[C@H]1C[C@@H]2CC[C@@H](C)[C@@](O)(O2)C(=O)C(=O)N2CCCCC2C(=O)O[C@H]([C@H](C)C[C@@H]2CC[C@@H]([n+]3ncn[nH]3)[C@H](OC)C2)CC(=O)[C@H](C)C=C(C)[C@@H](O)[C@@H](OC)C(=O)[C@@H](C)C[C@H](C)C=CC=CC=C1C. The van der Waals surface area contributed by atoms with Crippen LogP contribution in [0, 0.1) is 35.5 Å². The molecule has 17 nitrogen and oxygen atoms in total. The first-order chi connectivity index (χ1) is 32.8. The molecule has 0 aromatic carbocycles. The minimum absolute atomic E-state index is 0.0180. The summed E-state index contributed by atoms with van der Waals surface area (Å²) in [6.07, 6.45) is 13.9. The van der Waals surface area contributed by atoms with Gasteiger partial charge in [-0.2, -0.15) is 0 Å². The van der Waals surface area contributed by atoms with Crippen molar-refractivity contribution in [2.24, 2.45) is 35.5 Å². The summed E-state index contributed by atoms with van der Waals surface area (Å²) in [6.45, 7) is 12.8. The lowest BCUT2D eigenvalue weighted by molar-refractivity contribution is -0.834. The number of H-pyrrole nitrogens is 1. The van der Waals surface area contributed by atoms with E-state index in [2.05, 4.69) is 15.4 Å². The van der Waals surface area contributed by atoms with Crippen LogP contribution in [0.5, 0.6) is 0 Å². The number of methoxy groups -OCH3 is 3. The molecule has 0 spiro atoms. The van der Waals surface area contributed by atoms with Gasteiger partial charge in [0.1, 0.15) is 36.2 Å². The lowest BCUT2D eigenvalue weighted by Gasteiger charge is -2.42. The van der Waals surface area contributed by atoms with Crippen molar-refractivity contribution in [2.75, 3.05) is 27.9 Å². The zero-order valence-corrected chi connectivity index (χ0v) is 42.6. The number of hydrogen-bond acceptors (Lipinski definition) is 14. The van der Waals surface area contributed by atoms with Gasteiger partial charge in [-0.15, -0.1) is 0 Å². The normalized spacial score (nSPS) is 36.3. The van der Waals surface area contributed by atoms with Gasteiger partial charge in [-0.25, -0.2) is 4.79 Å². The highest BCUT2D eigenvalue weighted by Gasteiger charge is 2.53. The summed E-state index contributed by atoms with van der Waals surface area (Å²) in [5.41, 5.74) is 1.27. The van der Waals surface area contributed by atoms with E-state index in [1.54, 1.807) is 45.9 Å². The monoisotopic (exact) mass is 967 g/mol. The van der Waals surface area contributed by atoms with Crippen molar-refractivity contribution < 1.29 is 62.7 Å². The summed E-state index contributed by atoms with van der Waals surface area (Å²) in [4.78, 5) is 74.0. The van der Waals surface area contributed by atoms with Crippen LogP contribution < -0.4 is 4.80 Å². The van der Waals surface area contributed by atoms with Gasteiger partial charge < -0.3 is 38.8 Å². The summed E-state index contributed by atoms with van der Waals surface area (Å²) in [6, 6.07) is -1.18. The first kappa shape index (κ1) is 55.7. The summed E-state index contributed by atoms with van der Waals surface area (Å²) >= 11 is 0. The van der Waals surface area contributed by atoms with Crippen LogP contribution in [0.3, 0.4) is 0 Å². The first-order valence-corrected chi connectivity index (χ1v) is 25.1. The second-order valence-electron chi connectivity index (χ2n) is 20.4. The molecule has 3 N–H and O–H groups in total. The van der Waals surface area contributed by atoms with Crippen molar-refractivity contribution in [3.63, 3.8) is 0 Å². The van der Waals surface area contributed by atoms with Crippen LogP contribution in [0.25, 0.3) is 0 Å². The zero-order valence-electron chi connectivity index (χ0n) is 42.6. The third-order valence-corrected chi connectivity index (χ3v) is 15.2. The Balaban J connectivity index is 1.46. The number of piperidine rings is 1. The number of esters is 1. The maximum absolute atomic E-state index is 14.5. The van der Waals surface area contributed by atoms with E-state index in [-0.39, 0.29) is 60.9 Å². The van der Waals surface area contributed by atoms with Crippen LogP contribution in [0.2, 0.25) is 0 Å². The smallest absolute Gasteiger partial charge is 0.329 e. The van der Waals surface area contributed by atoms with Crippen LogP contribution in [-0.4, -0.2) is 136 Å². The topological polar surface area (TPSA) is 221 Å². The summed E-state index contributed by atoms with van der Waals surface area (Å²) < 4.78 is 29.9. The molecule has 1 amide bonds. The Bertz CT molecular complexity index is 2020. The Morgan fingerprint density at radius 2 is 1.67 bits per heavy atom. The molecule has 17 heteroatoms. The molecule has 2 saturated heterocycles. The number of aliphatic hydroxyl groups is 2. The average molecular weight is 967 g/mol. The zero-order chi connectivity index (χ0) is 50.6. The first-order valence-electron chi connectivity index (χ1n) is 25.1. The Labute approximate surface area is 408 Å². The van der Waals surface area contributed by atoms with Crippen LogP contribution in [0.4, 0.5) is 0 Å². The maximum atomic E-state index is 14.5. The Morgan fingerprint density at radius 3 is 2.35 bits per heavy atom. The number of ketones is 3. The number of carbonyl (C=O) groups excluding carboxylic acids is 5. The Kier molecular flexibility index (Phi) is 20.8. The van der Waals surface area contributed by atoms with E-state index in [1.807, 2.05) is 58.1 Å². The van der Waals surface area contributed by atoms with Gasteiger partial charge in [0.2, 0.25) is 5.79 Å². The molecule has 0 radical (unpaired) electrons. The minimum Gasteiger partial charge on any atom is -0.460 e. The molecule has 1 aromatic heterocycles. The van der Waals surface area contributed by atoms with Crippen molar-refractivity contribution in [3.05, 3.63) is 53.9 Å². The number of carbonyl (C=O) groups is 5. The predicted octanol–water partition coefficient (Wildman–Crippen LogP) is 5.47. The molecular weight excluding hydrogens is 887 g/mol. The van der Waals surface area contributed by atoms with Crippen molar-refractivity contribution in [1.29, 1.82) is 0 Å². The Morgan fingerprint density at radius 1 is 0.913 bits per heavy atom. The van der Waals surface area contributed by atoms with Gasteiger partial charge in [0, 0.05) is 58.5 Å². The van der Waals surface area contributed by atoms with Gasteiger partial charge in [-0.3, -0.25) is 19.2 Å². The molecule has 1 aliphatic carbocycles. The number of Topliss-reactive ketones (excluding diaryl/α,β-unsaturated/α-hetero) is 3. The van der Waals surface area contributed by atoms with E-state index >= 15 is 0 Å². The van der Waals surface area contributed by atoms with E-state index in [9.17, 15) is 34.2 Å². The maximum Gasteiger partial charge on any atom is 0.329 e. The van der Waals surface area contributed by atoms with Gasteiger partial charge in [0.25, 0.3) is 18.0 Å². The van der Waals surface area contributed by atoms with Gasteiger partial charge >= 0.3 is 5.97 Å². The van der Waals surface area contributed by atoms with Crippen LogP contribution >= 0.6 is 0 Å². The van der Waals surface area contributed by atoms with E-state index in [4.69, 9.17) is 23.7 Å². The number of amides is 1. The highest BCUT2D eigenvalue weighted by molar-refractivity contribution is 6.39. The van der Waals surface area contributed by atoms with Crippen LogP contribution in [-0.2, 0) is 47.7 Å². The third-order valence-electron chi connectivity index (χ3n) is 15.2. The number of allylic oxidation sites excluding steroid dienone is 6. The van der Waals surface area contributed by atoms with E-state index in [1.165, 1.54) is 18.3 Å². The summed E-state index contributed by atoms with van der Waals surface area (Å²) in [7, 11) is 4.63. The van der Waals surface area contributed by atoms with Gasteiger partial charge in [-0.1, -0.05) is 75.9 Å². The molecule has 1 aromatic rings. The van der Waals surface area contributed by atoms with E-state index < -0.39 is 77.8 Å². The summed E-state index contributed by atoms with van der Waals surface area (Å²) in [5, 5.41) is 34.7. The molecule has 69 heavy (non-hydrogen) atoms. The van der Waals surface area contributed by atoms with E-state index in [0.717, 1.165) is 18.4 Å². The number of nitrogens with zero attached hydrogens (tertiary/aromatic N) is 4.